The van der Waals surface area contributed by atoms with Crippen molar-refractivity contribution in [3.05, 3.63) is 22.4 Å². The minimum atomic E-state index is 0.0973. The lowest BCUT2D eigenvalue weighted by Crippen LogP contribution is -2.29. The highest BCUT2D eigenvalue weighted by atomic mass is 32.1. The average Bonchev–Trinajstić information content (AvgIpc) is 2.79. The van der Waals surface area contributed by atoms with Gasteiger partial charge in [-0.15, -0.1) is 11.3 Å². The topological polar surface area (TPSA) is 35.2 Å². The highest BCUT2D eigenvalue weighted by Gasteiger charge is 2.22. The molecule has 3 heteroatoms. The first-order valence-electron chi connectivity index (χ1n) is 6.71. The third-order valence-electron chi connectivity index (χ3n) is 3.73. The first-order valence-corrected chi connectivity index (χ1v) is 7.59. The number of nitrogens with two attached hydrogens (primary N) is 1. The molecule has 2 N–H and O–H groups in total. The Hall–Kier alpha value is -0.380. The van der Waals surface area contributed by atoms with E-state index in [4.69, 9.17) is 10.5 Å². The average molecular weight is 253 g/mol. The van der Waals surface area contributed by atoms with Crippen LogP contribution < -0.4 is 5.73 Å². The third kappa shape index (κ3) is 3.54. The predicted molar refractivity (Wildman–Crippen MR) is 73.2 cm³/mol. The van der Waals surface area contributed by atoms with Crippen LogP contribution in [0.3, 0.4) is 0 Å². The van der Waals surface area contributed by atoms with Gasteiger partial charge in [-0.05, 0) is 30.2 Å². The smallest absolute Gasteiger partial charge is 0.107 e. The van der Waals surface area contributed by atoms with Crippen LogP contribution in [0.4, 0.5) is 0 Å². The molecule has 2 rings (SSSR count). The van der Waals surface area contributed by atoms with Gasteiger partial charge in [-0.1, -0.05) is 32.3 Å². The van der Waals surface area contributed by atoms with E-state index in [1.807, 2.05) is 0 Å². The molecule has 0 amide bonds. The van der Waals surface area contributed by atoms with Crippen LogP contribution in [0.25, 0.3) is 0 Å². The first kappa shape index (κ1) is 13.1. The summed E-state index contributed by atoms with van der Waals surface area (Å²) in [6.07, 6.45) is 6.47. The molecule has 0 saturated heterocycles. The largest absolute Gasteiger partial charge is 0.371 e. The Kier molecular flexibility index (Phi) is 5.01. The van der Waals surface area contributed by atoms with Crippen LogP contribution in [-0.2, 0) is 4.74 Å². The Balaban J connectivity index is 1.82. The summed E-state index contributed by atoms with van der Waals surface area (Å²) in [5.74, 6) is 0.914. The second-order valence-electron chi connectivity index (χ2n) is 4.96. The summed E-state index contributed by atoms with van der Waals surface area (Å²) >= 11 is 1.75. The van der Waals surface area contributed by atoms with E-state index in [1.54, 1.807) is 11.3 Å². The van der Waals surface area contributed by atoms with Gasteiger partial charge in [-0.25, -0.2) is 0 Å². The zero-order chi connectivity index (χ0) is 12.1. The summed E-state index contributed by atoms with van der Waals surface area (Å²) in [5, 5.41) is 2.10. The van der Waals surface area contributed by atoms with Crippen LogP contribution in [0, 0.1) is 5.92 Å². The Morgan fingerprint density at radius 3 is 2.88 bits per heavy atom. The maximum Gasteiger partial charge on any atom is 0.107 e. The normalized spacial score (nSPS) is 19.9. The summed E-state index contributed by atoms with van der Waals surface area (Å²) in [4.78, 5) is 1.27. The molecule has 2 unspecified atom stereocenters. The van der Waals surface area contributed by atoms with E-state index in [0.29, 0.717) is 0 Å². The SMILES string of the molecule is CCC(N)C(OCCC1CCC1)c1cccs1. The van der Waals surface area contributed by atoms with Gasteiger partial charge in [-0.2, -0.15) is 0 Å². The second-order valence-corrected chi connectivity index (χ2v) is 5.94. The molecule has 1 aliphatic carbocycles. The van der Waals surface area contributed by atoms with Crippen molar-refractivity contribution in [1.82, 2.24) is 0 Å². The van der Waals surface area contributed by atoms with Gasteiger partial charge in [0.25, 0.3) is 0 Å². The molecule has 17 heavy (non-hydrogen) atoms. The Morgan fingerprint density at radius 2 is 2.35 bits per heavy atom. The van der Waals surface area contributed by atoms with Crippen molar-refractivity contribution < 1.29 is 4.74 Å². The Labute approximate surface area is 108 Å². The molecule has 1 aromatic rings. The standard InChI is InChI=1S/C14H23NOS/c1-2-12(15)14(13-7-4-10-17-13)16-9-8-11-5-3-6-11/h4,7,10-12,14H,2-3,5-6,8-9,15H2,1H3. The lowest BCUT2D eigenvalue weighted by Gasteiger charge is -2.27. The highest BCUT2D eigenvalue weighted by molar-refractivity contribution is 7.10. The van der Waals surface area contributed by atoms with Gasteiger partial charge in [0, 0.05) is 17.5 Å². The molecule has 1 heterocycles. The molecule has 0 aliphatic heterocycles. The minimum absolute atomic E-state index is 0.0973. The highest BCUT2D eigenvalue weighted by Crippen LogP contribution is 2.31. The summed E-state index contributed by atoms with van der Waals surface area (Å²) in [5.41, 5.74) is 6.15. The van der Waals surface area contributed by atoms with Gasteiger partial charge in [0.05, 0.1) is 0 Å². The molecule has 0 aromatic carbocycles. The van der Waals surface area contributed by atoms with Crippen molar-refractivity contribution in [2.24, 2.45) is 11.7 Å². The molecule has 1 saturated carbocycles. The monoisotopic (exact) mass is 253 g/mol. The summed E-state index contributed by atoms with van der Waals surface area (Å²) < 4.78 is 6.03. The Morgan fingerprint density at radius 1 is 1.53 bits per heavy atom. The molecule has 1 fully saturated rings. The van der Waals surface area contributed by atoms with Gasteiger partial charge in [-0.3, -0.25) is 0 Å². The fourth-order valence-electron chi connectivity index (χ4n) is 2.23. The van der Waals surface area contributed by atoms with Crippen LogP contribution >= 0.6 is 11.3 Å². The van der Waals surface area contributed by atoms with Gasteiger partial charge in [0.2, 0.25) is 0 Å². The van der Waals surface area contributed by atoms with Crippen molar-refractivity contribution in [2.45, 2.75) is 51.2 Å². The summed E-state index contributed by atoms with van der Waals surface area (Å²) in [7, 11) is 0. The first-order chi connectivity index (χ1) is 8.31. The Bertz CT molecular complexity index is 308. The van der Waals surface area contributed by atoms with Crippen molar-refractivity contribution in [3.63, 3.8) is 0 Å². The molecule has 2 nitrogen and oxygen atoms in total. The van der Waals surface area contributed by atoms with E-state index >= 15 is 0 Å². The third-order valence-corrected chi connectivity index (χ3v) is 4.67. The number of rotatable bonds is 7. The van der Waals surface area contributed by atoms with Gasteiger partial charge in [0.15, 0.2) is 0 Å². The number of hydrogen-bond donors (Lipinski definition) is 1. The number of hydrogen-bond acceptors (Lipinski definition) is 3. The van der Waals surface area contributed by atoms with Gasteiger partial charge >= 0.3 is 0 Å². The van der Waals surface area contributed by atoms with E-state index in [2.05, 4.69) is 24.4 Å². The van der Waals surface area contributed by atoms with E-state index in [9.17, 15) is 0 Å². The lowest BCUT2D eigenvalue weighted by atomic mass is 9.83. The molecule has 96 valence electrons. The number of thiophene rings is 1. The fraction of sp³-hybridized carbons (Fsp3) is 0.714. The molecule has 1 aromatic heterocycles. The van der Waals surface area contributed by atoms with E-state index in [1.165, 1.54) is 30.6 Å². The second kappa shape index (κ2) is 6.53. The van der Waals surface area contributed by atoms with Crippen molar-refractivity contribution in [2.75, 3.05) is 6.61 Å². The molecule has 0 radical (unpaired) electrons. The summed E-state index contributed by atoms with van der Waals surface area (Å²) in [6, 6.07) is 4.33. The predicted octanol–water partition coefficient (Wildman–Crippen LogP) is 3.73. The van der Waals surface area contributed by atoms with Crippen LogP contribution in [-0.4, -0.2) is 12.6 Å². The van der Waals surface area contributed by atoms with E-state index in [-0.39, 0.29) is 12.1 Å². The van der Waals surface area contributed by atoms with Crippen LogP contribution in [0.1, 0.15) is 50.0 Å². The lowest BCUT2D eigenvalue weighted by molar-refractivity contribution is 0.0225. The van der Waals surface area contributed by atoms with E-state index < -0.39 is 0 Å². The zero-order valence-corrected chi connectivity index (χ0v) is 11.4. The number of ether oxygens (including phenoxy) is 1. The minimum Gasteiger partial charge on any atom is -0.371 e. The van der Waals surface area contributed by atoms with Crippen molar-refractivity contribution in [3.8, 4) is 0 Å². The molecule has 2 atom stereocenters. The maximum atomic E-state index is 6.15. The van der Waals surface area contributed by atoms with Crippen LogP contribution in [0.5, 0.6) is 0 Å². The van der Waals surface area contributed by atoms with Crippen LogP contribution in [0.15, 0.2) is 17.5 Å². The summed E-state index contributed by atoms with van der Waals surface area (Å²) in [6.45, 7) is 2.99. The fourth-order valence-corrected chi connectivity index (χ4v) is 3.08. The van der Waals surface area contributed by atoms with Gasteiger partial charge < -0.3 is 10.5 Å². The molecule has 0 bridgehead atoms. The quantitative estimate of drug-likeness (QED) is 0.803. The molecule has 1 aliphatic rings. The van der Waals surface area contributed by atoms with Crippen LogP contribution in [0.2, 0.25) is 0 Å². The molecule has 0 spiro atoms. The maximum absolute atomic E-state index is 6.15. The van der Waals surface area contributed by atoms with Gasteiger partial charge in [0.1, 0.15) is 6.10 Å². The molecular weight excluding hydrogens is 230 g/mol. The zero-order valence-electron chi connectivity index (χ0n) is 10.6. The van der Waals surface area contributed by atoms with E-state index in [0.717, 1.165) is 18.9 Å². The van der Waals surface area contributed by atoms with Crippen molar-refractivity contribution >= 4 is 11.3 Å². The molecular formula is C14H23NOS. The van der Waals surface area contributed by atoms with Crippen molar-refractivity contribution in [1.29, 1.82) is 0 Å².